The highest BCUT2D eigenvalue weighted by Gasteiger charge is 2.52. The Morgan fingerprint density at radius 1 is 1.29 bits per heavy atom. The average Bonchev–Trinajstić information content (AvgIpc) is 3.48. The Bertz CT molecular complexity index is 823. The van der Waals surface area contributed by atoms with Gasteiger partial charge in [0.2, 0.25) is 0 Å². The predicted octanol–water partition coefficient (Wildman–Crippen LogP) is 3.88. The lowest BCUT2D eigenvalue weighted by Crippen LogP contribution is -2.32. The molecule has 1 spiro atoms. The molecule has 5 nitrogen and oxygen atoms in total. The smallest absolute Gasteiger partial charge is 0.139 e. The summed E-state index contributed by atoms with van der Waals surface area (Å²) < 4.78 is 9.12. The molecule has 3 aliphatic rings. The topological polar surface area (TPSA) is 57.0 Å². The molecule has 2 aromatic rings. The third-order valence-corrected chi connectivity index (χ3v) is 6.54. The van der Waals surface area contributed by atoms with Crippen LogP contribution < -0.4 is 4.74 Å². The standard InChI is InChI=1S/C18H20BrN3O2/c19-16-14(24-12-3-6-15(23)18(9-12)7-8-18)5-4-13-17(16)20-21-22(13)10-11-1-2-11/h4-5,11-12H,1-3,6-10H2. The van der Waals surface area contributed by atoms with Gasteiger partial charge in [0.15, 0.2) is 0 Å². The largest absolute Gasteiger partial charge is 0.489 e. The number of ether oxygens (including phenoxy) is 1. The van der Waals surface area contributed by atoms with E-state index in [9.17, 15) is 4.79 Å². The van der Waals surface area contributed by atoms with E-state index in [1.807, 2.05) is 10.7 Å². The number of hydrogen-bond donors (Lipinski definition) is 0. The van der Waals surface area contributed by atoms with Gasteiger partial charge < -0.3 is 4.74 Å². The SMILES string of the molecule is O=C1CCC(Oc2ccc3c(nnn3CC3CC3)c2Br)CC12CC2. The minimum atomic E-state index is -0.0487. The van der Waals surface area contributed by atoms with Crippen molar-refractivity contribution in [2.45, 2.75) is 57.6 Å². The second-order valence-corrected chi connectivity index (χ2v) is 8.44. The number of carbonyl (C=O) groups is 1. The van der Waals surface area contributed by atoms with E-state index in [1.165, 1.54) is 12.8 Å². The highest BCUT2D eigenvalue weighted by Crippen LogP contribution is 2.54. The molecule has 1 atom stereocenters. The molecule has 1 aromatic carbocycles. The van der Waals surface area contributed by atoms with E-state index in [1.54, 1.807) is 0 Å². The van der Waals surface area contributed by atoms with Crippen molar-refractivity contribution in [3.05, 3.63) is 16.6 Å². The number of ketones is 1. The Labute approximate surface area is 148 Å². The van der Waals surface area contributed by atoms with Gasteiger partial charge >= 0.3 is 0 Å². The molecule has 3 fully saturated rings. The predicted molar refractivity (Wildman–Crippen MR) is 92.9 cm³/mol. The molecule has 126 valence electrons. The molecular weight excluding hydrogens is 370 g/mol. The molecule has 3 aliphatic carbocycles. The van der Waals surface area contributed by atoms with Crippen LogP contribution in [0.5, 0.6) is 5.75 Å². The van der Waals surface area contributed by atoms with E-state index in [-0.39, 0.29) is 11.5 Å². The van der Waals surface area contributed by atoms with Gasteiger partial charge in [-0.25, -0.2) is 4.68 Å². The molecule has 1 heterocycles. The zero-order valence-corrected chi connectivity index (χ0v) is 15.1. The maximum atomic E-state index is 12.0. The summed E-state index contributed by atoms with van der Waals surface area (Å²) in [6.45, 7) is 0.955. The molecule has 0 N–H and O–H groups in total. The molecule has 0 saturated heterocycles. The van der Waals surface area contributed by atoms with Crippen LogP contribution in [0.4, 0.5) is 0 Å². The van der Waals surface area contributed by atoms with Crippen molar-refractivity contribution in [2.75, 3.05) is 0 Å². The maximum absolute atomic E-state index is 12.0. The van der Waals surface area contributed by atoms with Gasteiger partial charge in [-0.15, -0.1) is 5.10 Å². The summed E-state index contributed by atoms with van der Waals surface area (Å²) in [5.41, 5.74) is 1.87. The van der Waals surface area contributed by atoms with Crippen molar-refractivity contribution in [3.63, 3.8) is 0 Å². The molecule has 5 rings (SSSR count). The zero-order valence-electron chi connectivity index (χ0n) is 13.5. The molecule has 6 heteroatoms. The van der Waals surface area contributed by atoms with E-state index in [0.717, 1.165) is 59.4 Å². The van der Waals surface area contributed by atoms with Gasteiger partial charge in [0.1, 0.15) is 23.2 Å². The van der Waals surface area contributed by atoms with E-state index in [0.29, 0.717) is 12.2 Å². The first-order chi connectivity index (χ1) is 11.6. The number of Topliss-reactive ketones (excluding diaryl/α,β-unsaturated/α-hetero) is 1. The summed E-state index contributed by atoms with van der Waals surface area (Å²) >= 11 is 3.65. The van der Waals surface area contributed by atoms with Crippen LogP contribution in [0.2, 0.25) is 0 Å². The average molecular weight is 390 g/mol. The highest BCUT2D eigenvalue weighted by atomic mass is 79.9. The number of carbonyl (C=O) groups excluding carboxylic acids is 1. The van der Waals surface area contributed by atoms with E-state index in [4.69, 9.17) is 4.74 Å². The molecule has 0 amide bonds. The number of aromatic nitrogens is 3. The summed E-state index contributed by atoms with van der Waals surface area (Å²) in [4.78, 5) is 12.0. The number of hydrogen-bond acceptors (Lipinski definition) is 4. The first-order valence-corrected chi connectivity index (χ1v) is 9.66. The fourth-order valence-electron chi connectivity index (χ4n) is 3.88. The van der Waals surface area contributed by atoms with Crippen molar-refractivity contribution in [2.24, 2.45) is 11.3 Å². The summed E-state index contributed by atoms with van der Waals surface area (Å²) in [6, 6.07) is 4.06. The van der Waals surface area contributed by atoms with Gasteiger partial charge in [0.05, 0.1) is 9.99 Å². The number of benzene rings is 1. The molecule has 1 unspecified atom stereocenters. The monoisotopic (exact) mass is 389 g/mol. The molecule has 0 aliphatic heterocycles. The van der Waals surface area contributed by atoms with Gasteiger partial charge in [0.25, 0.3) is 0 Å². The van der Waals surface area contributed by atoms with Crippen LogP contribution in [0.15, 0.2) is 16.6 Å². The fraction of sp³-hybridized carbons (Fsp3) is 0.611. The number of rotatable bonds is 4. The molecule has 1 aromatic heterocycles. The number of nitrogens with zero attached hydrogens (tertiary/aromatic N) is 3. The van der Waals surface area contributed by atoms with Crippen LogP contribution >= 0.6 is 15.9 Å². The van der Waals surface area contributed by atoms with Gasteiger partial charge in [-0.3, -0.25) is 4.79 Å². The van der Waals surface area contributed by atoms with Crippen LogP contribution in [0, 0.1) is 11.3 Å². The highest BCUT2D eigenvalue weighted by molar-refractivity contribution is 9.10. The van der Waals surface area contributed by atoms with Gasteiger partial charge in [-0.1, -0.05) is 5.21 Å². The van der Waals surface area contributed by atoms with Crippen LogP contribution in [0.25, 0.3) is 11.0 Å². The Balaban J connectivity index is 1.39. The lowest BCUT2D eigenvalue weighted by Gasteiger charge is -2.28. The zero-order chi connectivity index (χ0) is 16.3. The summed E-state index contributed by atoms with van der Waals surface area (Å²) in [5.74, 6) is 2.02. The summed E-state index contributed by atoms with van der Waals surface area (Å²) in [7, 11) is 0. The second kappa shape index (κ2) is 5.28. The quantitative estimate of drug-likeness (QED) is 0.795. The molecule has 0 radical (unpaired) electrons. The van der Waals surface area contributed by atoms with Gasteiger partial charge in [-0.2, -0.15) is 0 Å². The third-order valence-electron chi connectivity index (χ3n) is 5.77. The van der Waals surface area contributed by atoms with Crippen LogP contribution in [0.3, 0.4) is 0 Å². The molecule has 3 saturated carbocycles. The van der Waals surface area contributed by atoms with Crippen molar-refractivity contribution in [1.82, 2.24) is 15.0 Å². The fourth-order valence-corrected chi connectivity index (χ4v) is 4.39. The Kier molecular flexibility index (Phi) is 3.27. The molecule has 24 heavy (non-hydrogen) atoms. The Morgan fingerprint density at radius 2 is 2.12 bits per heavy atom. The minimum Gasteiger partial charge on any atom is -0.489 e. The summed E-state index contributed by atoms with van der Waals surface area (Å²) in [5, 5.41) is 8.64. The van der Waals surface area contributed by atoms with Gasteiger partial charge in [-0.05, 0) is 72.5 Å². The van der Waals surface area contributed by atoms with Crippen molar-refractivity contribution in [3.8, 4) is 5.75 Å². The van der Waals surface area contributed by atoms with E-state index < -0.39 is 0 Å². The summed E-state index contributed by atoms with van der Waals surface area (Å²) in [6.07, 6.45) is 7.15. The van der Waals surface area contributed by atoms with Crippen molar-refractivity contribution in [1.29, 1.82) is 0 Å². The van der Waals surface area contributed by atoms with Crippen LogP contribution in [0.1, 0.15) is 44.9 Å². The molecule has 0 bridgehead atoms. The van der Waals surface area contributed by atoms with Crippen LogP contribution in [-0.2, 0) is 11.3 Å². The maximum Gasteiger partial charge on any atom is 0.139 e. The Hall–Kier alpha value is -1.43. The van der Waals surface area contributed by atoms with Crippen LogP contribution in [-0.4, -0.2) is 26.9 Å². The molecular formula is C18H20BrN3O2. The van der Waals surface area contributed by atoms with E-state index in [2.05, 4.69) is 32.3 Å². The normalized spacial score (nSPS) is 25.4. The van der Waals surface area contributed by atoms with E-state index >= 15 is 0 Å². The number of fused-ring (bicyclic) bond motifs is 1. The minimum absolute atomic E-state index is 0.0487. The first kappa shape index (κ1) is 14.9. The first-order valence-electron chi connectivity index (χ1n) is 8.86. The number of halogens is 1. The lowest BCUT2D eigenvalue weighted by atomic mass is 9.83. The van der Waals surface area contributed by atoms with Gasteiger partial charge in [0, 0.05) is 18.4 Å². The Morgan fingerprint density at radius 3 is 2.88 bits per heavy atom. The third kappa shape index (κ3) is 2.46. The van der Waals surface area contributed by atoms with Crippen molar-refractivity contribution < 1.29 is 9.53 Å². The lowest BCUT2D eigenvalue weighted by molar-refractivity contribution is -0.128. The second-order valence-electron chi connectivity index (χ2n) is 7.65. The van der Waals surface area contributed by atoms with Crippen molar-refractivity contribution >= 4 is 32.7 Å².